The molecular weight excluding hydrogens is 709 g/mol. The van der Waals surface area contributed by atoms with Gasteiger partial charge in [0.05, 0.1) is 61.9 Å². The predicted octanol–water partition coefficient (Wildman–Crippen LogP) is 4.26. The van der Waals surface area contributed by atoms with E-state index in [9.17, 15) is 16.8 Å². The maximum Gasteiger partial charge on any atom is 0.261 e. The van der Waals surface area contributed by atoms with Crippen molar-refractivity contribution in [3.8, 4) is 57.0 Å². The Morgan fingerprint density at radius 1 is 0.667 bits per heavy atom. The number of hydrogen-bond acceptors (Lipinski definition) is 14. The van der Waals surface area contributed by atoms with Crippen molar-refractivity contribution in [2.75, 3.05) is 77.3 Å². The molecule has 18 heteroatoms. The van der Waals surface area contributed by atoms with Crippen molar-refractivity contribution in [2.45, 2.75) is 6.42 Å². The van der Waals surface area contributed by atoms with E-state index < -0.39 is 20.2 Å². The van der Waals surface area contributed by atoms with Gasteiger partial charge in [-0.3, -0.25) is 19.1 Å². The lowest BCUT2D eigenvalue weighted by molar-refractivity contribution is 0.171. The molecular formula is C33H40N4O12S2. The summed E-state index contributed by atoms with van der Waals surface area (Å²) in [7, 11) is 0.0647. The van der Waals surface area contributed by atoms with E-state index in [-0.39, 0.29) is 13.6 Å². The fourth-order valence-corrected chi connectivity index (χ4v) is 4.92. The number of methoxy groups -OCH3 is 2. The first-order chi connectivity index (χ1) is 24.0. The van der Waals surface area contributed by atoms with Gasteiger partial charge in [0.1, 0.15) is 0 Å². The van der Waals surface area contributed by atoms with Crippen LogP contribution in [-0.2, 0) is 20.2 Å². The molecule has 2 aliphatic rings. The Morgan fingerprint density at radius 3 is 1.35 bits per heavy atom. The highest BCUT2D eigenvalue weighted by Crippen LogP contribution is 2.45. The summed E-state index contributed by atoms with van der Waals surface area (Å²) in [6, 6.07) is 15.9. The van der Waals surface area contributed by atoms with Crippen LogP contribution in [0.3, 0.4) is 0 Å². The second kappa shape index (κ2) is 16.8. The van der Waals surface area contributed by atoms with Crippen molar-refractivity contribution < 1.29 is 54.4 Å². The molecule has 0 spiro atoms. The number of nitrogens with zero attached hydrogens (tertiary/aromatic N) is 4. The van der Waals surface area contributed by atoms with E-state index in [2.05, 4.69) is 46.0 Å². The van der Waals surface area contributed by atoms with Gasteiger partial charge in [-0.1, -0.05) is 0 Å². The van der Waals surface area contributed by atoms with Gasteiger partial charge in [0.15, 0.2) is 23.0 Å². The monoisotopic (exact) mass is 748 g/mol. The standard InChI is InChI=1S/C31H32N4O6.2CH4O3S/c1-34(22-6-8-24(32-16-22)20-12-26(36-3)30-28(14-20)38-18-40-30)10-5-11-35(2)23-7-9-25(33-17-23)21-13-27(37-4)31-29(15-21)39-19-41-31;2*1-5(2,3)4/h6-9,12-17H,5,10-11,18-19H2,1-4H3;2*1H3,(H,2,3,4). The summed E-state index contributed by atoms with van der Waals surface area (Å²) in [5, 5.41) is 0. The van der Waals surface area contributed by atoms with E-state index in [1.54, 1.807) is 14.2 Å². The van der Waals surface area contributed by atoms with Gasteiger partial charge in [-0.25, -0.2) is 0 Å². The zero-order valence-electron chi connectivity index (χ0n) is 28.9. The fourth-order valence-electron chi connectivity index (χ4n) is 4.92. The van der Waals surface area contributed by atoms with Crippen molar-refractivity contribution >= 4 is 31.6 Å². The van der Waals surface area contributed by atoms with Crippen molar-refractivity contribution in [1.82, 2.24) is 9.97 Å². The Labute approximate surface area is 297 Å². The van der Waals surface area contributed by atoms with Crippen LogP contribution in [0.2, 0.25) is 0 Å². The number of benzene rings is 2. The molecule has 276 valence electrons. The summed E-state index contributed by atoms with van der Waals surface area (Å²) in [5.74, 6) is 3.89. The summed E-state index contributed by atoms with van der Waals surface area (Å²) in [4.78, 5) is 13.8. The van der Waals surface area contributed by atoms with Crippen LogP contribution >= 0.6 is 0 Å². The lowest BCUT2D eigenvalue weighted by atomic mass is 10.1. The molecule has 51 heavy (non-hydrogen) atoms. The Bertz CT molecular complexity index is 1850. The van der Waals surface area contributed by atoms with Crippen LogP contribution in [0.25, 0.3) is 22.5 Å². The summed E-state index contributed by atoms with van der Waals surface area (Å²) >= 11 is 0. The van der Waals surface area contributed by atoms with Gasteiger partial charge in [0.25, 0.3) is 20.2 Å². The SMILES string of the molecule is COc1cc(-c2ccc(N(C)CCCN(C)c3ccc(-c4cc(OC)c5c(c4)OCO5)nc3)cn2)cc2c1OCO2.CS(=O)(=O)O.CS(=O)(=O)O. The van der Waals surface area contributed by atoms with Crippen molar-refractivity contribution in [3.63, 3.8) is 0 Å². The fraction of sp³-hybridized carbons (Fsp3) is 0.333. The van der Waals surface area contributed by atoms with Crippen molar-refractivity contribution in [3.05, 3.63) is 60.9 Å². The van der Waals surface area contributed by atoms with E-state index in [1.165, 1.54) is 0 Å². The highest BCUT2D eigenvalue weighted by Gasteiger charge is 2.22. The quantitative estimate of drug-likeness (QED) is 0.218. The summed E-state index contributed by atoms with van der Waals surface area (Å²) in [6.07, 6.45) is 6.18. The number of ether oxygens (including phenoxy) is 6. The van der Waals surface area contributed by atoms with Gasteiger partial charge in [-0.15, -0.1) is 0 Å². The molecule has 0 aliphatic carbocycles. The van der Waals surface area contributed by atoms with E-state index in [0.717, 1.165) is 53.4 Å². The predicted molar refractivity (Wildman–Crippen MR) is 191 cm³/mol. The van der Waals surface area contributed by atoms with Crippen LogP contribution in [0, 0.1) is 0 Å². The minimum atomic E-state index is -3.67. The molecule has 16 nitrogen and oxygen atoms in total. The first kappa shape index (κ1) is 38.8. The molecule has 0 unspecified atom stereocenters. The zero-order valence-corrected chi connectivity index (χ0v) is 30.5. The van der Waals surface area contributed by atoms with Gasteiger partial charge in [0.2, 0.25) is 25.1 Å². The third-order valence-corrected chi connectivity index (χ3v) is 7.27. The van der Waals surface area contributed by atoms with Crippen LogP contribution in [-0.4, -0.2) is 103 Å². The molecule has 4 aromatic rings. The minimum absolute atomic E-state index is 0.195. The van der Waals surface area contributed by atoms with Gasteiger partial charge < -0.3 is 38.2 Å². The smallest absolute Gasteiger partial charge is 0.261 e. The van der Waals surface area contributed by atoms with Crippen LogP contribution in [0.1, 0.15) is 6.42 Å². The van der Waals surface area contributed by atoms with Crippen LogP contribution in [0.15, 0.2) is 60.9 Å². The maximum atomic E-state index is 9.19. The Hall–Kier alpha value is -5.04. The molecule has 6 rings (SSSR count). The Balaban J connectivity index is 0.000000516. The average molecular weight is 749 g/mol. The highest BCUT2D eigenvalue weighted by molar-refractivity contribution is 7.85. The maximum absolute atomic E-state index is 9.19. The molecule has 2 N–H and O–H groups in total. The molecule has 0 amide bonds. The molecule has 0 saturated carbocycles. The molecule has 0 saturated heterocycles. The van der Waals surface area contributed by atoms with E-state index >= 15 is 0 Å². The van der Waals surface area contributed by atoms with Gasteiger partial charge >= 0.3 is 0 Å². The number of aromatic nitrogens is 2. The average Bonchev–Trinajstić information content (AvgIpc) is 3.76. The third-order valence-electron chi connectivity index (χ3n) is 7.27. The number of pyridine rings is 2. The normalized spacial score (nSPS) is 12.5. The molecule has 0 radical (unpaired) electrons. The first-order valence-electron chi connectivity index (χ1n) is 15.2. The number of rotatable bonds is 10. The summed E-state index contributed by atoms with van der Waals surface area (Å²) < 4.78 is 84.8. The van der Waals surface area contributed by atoms with E-state index in [0.29, 0.717) is 47.0 Å². The Kier molecular flexibility index (Phi) is 12.8. The topological polar surface area (TPSA) is 196 Å². The minimum Gasteiger partial charge on any atom is -0.493 e. The molecule has 2 aliphatic heterocycles. The van der Waals surface area contributed by atoms with Crippen LogP contribution < -0.4 is 38.2 Å². The van der Waals surface area contributed by atoms with Gasteiger partial charge in [-0.05, 0) is 55.0 Å². The van der Waals surface area contributed by atoms with E-state index in [4.69, 9.17) is 37.5 Å². The molecule has 2 aromatic carbocycles. The number of fused-ring (bicyclic) bond motifs is 2. The molecule has 4 heterocycles. The highest BCUT2D eigenvalue weighted by atomic mass is 32.2. The molecule has 2 aromatic heterocycles. The van der Waals surface area contributed by atoms with Gasteiger partial charge in [-0.2, -0.15) is 16.8 Å². The van der Waals surface area contributed by atoms with Crippen molar-refractivity contribution in [2.24, 2.45) is 0 Å². The van der Waals surface area contributed by atoms with Crippen LogP contribution in [0.5, 0.6) is 34.5 Å². The summed E-state index contributed by atoms with van der Waals surface area (Å²) in [5.41, 5.74) is 5.62. The molecule has 0 fully saturated rings. The molecule has 0 bridgehead atoms. The number of anilines is 2. The summed E-state index contributed by atoms with van der Waals surface area (Å²) in [6.45, 7) is 2.15. The van der Waals surface area contributed by atoms with Gasteiger partial charge in [0, 0.05) is 38.3 Å². The Morgan fingerprint density at radius 2 is 1.04 bits per heavy atom. The first-order valence-corrected chi connectivity index (χ1v) is 18.9. The molecule has 0 atom stereocenters. The second-order valence-corrected chi connectivity index (χ2v) is 14.2. The zero-order chi connectivity index (χ0) is 37.3. The largest absolute Gasteiger partial charge is 0.493 e. The lowest BCUT2D eigenvalue weighted by Gasteiger charge is -2.23. The second-order valence-electron chi connectivity index (χ2n) is 11.3. The van der Waals surface area contributed by atoms with Crippen LogP contribution in [0.4, 0.5) is 11.4 Å². The lowest BCUT2D eigenvalue weighted by Crippen LogP contribution is -2.25. The number of hydrogen-bond donors (Lipinski definition) is 2. The van der Waals surface area contributed by atoms with E-state index in [1.807, 2.05) is 48.8 Å². The van der Waals surface area contributed by atoms with Crippen molar-refractivity contribution in [1.29, 1.82) is 0 Å². The third kappa shape index (κ3) is 11.5.